The lowest BCUT2D eigenvalue weighted by Crippen LogP contribution is -2.05. The van der Waals surface area contributed by atoms with E-state index >= 15 is 0 Å². The first-order valence-corrected chi connectivity index (χ1v) is 19.8. The number of carbonyl (C=O) groups is 2. The Kier molecular flexibility index (Phi) is 12.0. The fraction of sp³-hybridized carbons (Fsp3) is 0.292. The smallest absolute Gasteiger partial charge is 0.337 e. The fourth-order valence-electron chi connectivity index (χ4n) is 7.55. The summed E-state index contributed by atoms with van der Waals surface area (Å²) in [5.41, 5.74) is 13.4. The molecular weight excluding hydrogens is 697 g/mol. The number of rotatable bonds is 14. The van der Waals surface area contributed by atoms with E-state index in [9.17, 15) is 9.59 Å². The van der Waals surface area contributed by atoms with Gasteiger partial charge < -0.3 is 9.47 Å². The van der Waals surface area contributed by atoms with Crippen LogP contribution in [0.15, 0.2) is 151 Å². The molecule has 284 valence electrons. The van der Waals surface area contributed by atoms with Crippen molar-refractivity contribution in [2.45, 2.75) is 78.1 Å². The van der Waals surface area contributed by atoms with E-state index in [2.05, 4.69) is 62.5 Å². The molecule has 5 aliphatic rings. The molecule has 5 heterocycles. The highest BCUT2D eigenvalue weighted by molar-refractivity contribution is 6.34. The maximum Gasteiger partial charge on any atom is 0.337 e. The van der Waals surface area contributed by atoms with Gasteiger partial charge in [-0.15, -0.1) is 0 Å². The van der Waals surface area contributed by atoms with E-state index in [1.165, 1.54) is 27.1 Å². The molecule has 0 N–H and O–H groups in total. The average molecular weight is 745 g/mol. The van der Waals surface area contributed by atoms with Crippen molar-refractivity contribution in [3.8, 4) is 0 Å². The average Bonchev–Trinajstić information content (AvgIpc) is 4.08. The third kappa shape index (κ3) is 8.15. The number of hydrogen-bond acceptors (Lipinski definition) is 8. The van der Waals surface area contributed by atoms with Gasteiger partial charge in [0.15, 0.2) is 0 Å². The van der Waals surface area contributed by atoms with Gasteiger partial charge in [-0.05, 0) is 110 Å². The third-order valence-corrected chi connectivity index (χ3v) is 10.6. The van der Waals surface area contributed by atoms with Crippen LogP contribution in [-0.4, -0.2) is 49.0 Å². The quantitative estimate of drug-likeness (QED) is 0.142. The molecule has 8 bridgehead atoms. The number of unbranched alkanes of at least 4 members (excludes halogenated alkanes) is 6. The predicted octanol–water partition coefficient (Wildman–Crippen LogP) is 10.9. The fourth-order valence-corrected chi connectivity index (χ4v) is 7.55. The lowest BCUT2D eigenvalue weighted by molar-refractivity contribution is 0.0592. The van der Waals surface area contributed by atoms with E-state index in [0.29, 0.717) is 11.1 Å². The molecular formula is C48H48N4O4. The molecule has 5 aliphatic heterocycles. The second-order valence-corrected chi connectivity index (χ2v) is 14.3. The van der Waals surface area contributed by atoms with Crippen LogP contribution in [0.1, 0.15) is 110 Å². The van der Waals surface area contributed by atoms with Crippen molar-refractivity contribution in [1.82, 2.24) is 0 Å². The van der Waals surface area contributed by atoms with Crippen LogP contribution in [0.5, 0.6) is 0 Å². The summed E-state index contributed by atoms with van der Waals surface area (Å²) in [6.45, 7) is 4.44. The van der Waals surface area contributed by atoms with E-state index in [-0.39, 0.29) is 11.9 Å². The summed E-state index contributed by atoms with van der Waals surface area (Å²) in [5, 5.41) is 0. The number of nitrogens with zero attached hydrogens (tertiary/aromatic N) is 4. The van der Waals surface area contributed by atoms with Crippen molar-refractivity contribution < 1.29 is 19.1 Å². The van der Waals surface area contributed by atoms with E-state index in [4.69, 9.17) is 29.4 Å². The zero-order valence-corrected chi connectivity index (χ0v) is 32.7. The molecule has 0 aliphatic carbocycles. The number of methoxy groups -OCH3 is 2. The van der Waals surface area contributed by atoms with Crippen molar-refractivity contribution in [3.63, 3.8) is 0 Å². The van der Waals surface area contributed by atoms with Crippen molar-refractivity contribution in [2.75, 3.05) is 14.2 Å². The zero-order valence-electron chi connectivity index (χ0n) is 32.7. The lowest BCUT2D eigenvalue weighted by atomic mass is 9.97. The largest absolute Gasteiger partial charge is 0.465 e. The molecule has 2 aromatic rings. The molecule has 2 aromatic carbocycles. The first-order valence-electron chi connectivity index (χ1n) is 19.8. The summed E-state index contributed by atoms with van der Waals surface area (Å²) in [6, 6.07) is 14.9. The van der Waals surface area contributed by atoms with E-state index in [1.54, 1.807) is 24.3 Å². The number of ether oxygens (including phenoxy) is 2. The van der Waals surface area contributed by atoms with Gasteiger partial charge in [-0.2, -0.15) is 0 Å². The Morgan fingerprint density at radius 1 is 0.446 bits per heavy atom. The second-order valence-electron chi connectivity index (χ2n) is 14.3. The van der Waals surface area contributed by atoms with E-state index in [0.717, 1.165) is 130 Å². The molecule has 0 spiro atoms. The molecule has 7 rings (SSSR count). The first kappa shape index (κ1) is 38.3. The summed E-state index contributed by atoms with van der Waals surface area (Å²) < 4.78 is 9.97. The van der Waals surface area contributed by atoms with Gasteiger partial charge in [-0.25, -0.2) is 29.6 Å². The molecule has 0 aromatic heterocycles. The Morgan fingerprint density at radius 3 is 1.18 bits per heavy atom. The number of hydrogen-bond donors (Lipinski definition) is 0. The van der Waals surface area contributed by atoms with Crippen molar-refractivity contribution in [1.29, 1.82) is 0 Å². The van der Waals surface area contributed by atoms with Crippen molar-refractivity contribution >= 4 is 45.9 Å². The molecule has 0 radical (unpaired) electrons. The number of aliphatic imine (C=N–C) groups is 4. The summed E-state index contributed by atoms with van der Waals surface area (Å²) >= 11 is 0. The second kappa shape index (κ2) is 17.6. The monoisotopic (exact) mass is 744 g/mol. The van der Waals surface area contributed by atoms with Gasteiger partial charge in [0.2, 0.25) is 0 Å². The Labute approximate surface area is 329 Å². The summed E-state index contributed by atoms with van der Waals surface area (Å²) in [5.74, 6) is -0.762. The Balaban J connectivity index is 1.44. The molecule has 8 nitrogen and oxygen atoms in total. The molecule has 0 saturated carbocycles. The number of benzene rings is 2. The summed E-state index contributed by atoms with van der Waals surface area (Å²) in [7, 11) is 2.78. The topological polar surface area (TPSA) is 102 Å². The Bertz CT molecular complexity index is 2140. The highest BCUT2D eigenvalue weighted by Gasteiger charge is 2.27. The molecule has 0 amide bonds. The van der Waals surface area contributed by atoms with Crippen LogP contribution >= 0.6 is 0 Å². The molecule has 0 saturated heterocycles. The van der Waals surface area contributed by atoms with Gasteiger partial charge in [-0.1, -0.05) is 76.6 Å². The van der Waals surface area contributed by atoms with Gasteiger partial charge in [0.05, 0.1) is 71.0 Å². The maximum atomic E-state index is 12.4. The summed E-state index contributed by atoms with van der Waals surface area (Å²) in [6.07, 6.45) is 27.2. The lowest BCUT2D eigenvalue weighted by Gasteiger charge is -2.13. The normalized spacial score (nSPS) is 16.9. The van der Waals surface area contributed by atoms with Crippen molar-refractivity contribution in [3.05, 3.63) is 153 Å². The van der Waals surface area contributed by atoms with Gasteiger partial charge in [0, 0.05) is 22.3 Å². The van der Waals surface area contributed by atoms with E-state index < -0.39 is 0 Å². The predicted molar refractivity (Wildman–Crippen MR) is 227 cm³/mol. The van der Waals surface area contributed by atoms with Gasteiger partial charge in [0.25, 0.3) is 0 Å². The van der Waals surface area contributed by atoms with E-state index in [1.807, 2.05) is 24.3 Å². The van der Waals surface area contributed by atoms with Crippen LogP contribution in [0.4, 0.5) is 0 Å². The standard InChI is InChI=1S/C48H48N4O4/c1-5-7-9-11-13-35-37-23-27-41(49-37)45(31-15-19-33(20-16-31)47(53)55-3)43-29-25-39(51-43)36(14-12-10-8-6-2)40-26-30-44(52-40)46(42-28-24-38(35)50-42)32-17-21-34(22-18-32)48(54)56-4/h15-30H,5-14H2,1-4H3. The highest BCUT2D eigenvalue weighted by atomic mass is 16.5. The van der Waals surface area contributed by atoms with Crippen LogP contribution in [-0.2, 0) is 9.47 Å². The van der Waals surface area contributed by atoms with Crippen LogP contribution in [0, 0.1) is 0 Å². The summed E-state index contributed by atoms with van der Waals surface area (Å²) in [4.78, 5) is 46.0. The van der Waals surface area contributed by atoms with Gasteiger partial charge in [0.1, 0.15) is 0 Å². The molecule has 0 unspecified atom stereocenters. The minimum absolute atomic E-state index is 0.381. The zero-order chi connectivity index (χ0) is 39.0. The number of carbonyl (C=O) groups excluding carboxylic acids is 2. The van der Waals surface area contributed by atoms with Gasteiger partial charge in [-0.3, -0.25) is 0 Å². The first-order chi connectivity index (χ1) is 27.4. The third-order valence-electron chi connectivity index (χ3n) is 10.6. The van der Waals surface area contributed by atoms with Gasteiger partial charge >= 0.3 is 11.9 Å². The number of esters is 2. The highest BCUT2D eigenvalue weighted by Crippen LogP contribution is 2.37. The molecule has 0 fully saturated rings. The van der Waals surface area contributed by atoms with Crippen molar-refractivity contribution in [2.24, 2.45) is 20.0 Å². The minimum Gasteiger partial charge on any atom is -0.465 e. The Hall–Kier alpha value is -6.02. The van der Waals surface area contributed by atoms with Crippen LogP contribution in [0.25, 0.3) is 11.1 Å². The molecule has 8 heteroatoms. The van der Waals surface area contributed by atoms with Crippen LogP contribution < -0.4 is 0 Å². The molecule has 56 heavy (non-hydrogen) atoms. The number of allylic oxidation sites excluding steroid dienone is 12. The maximum absolute atomic E-state index is 12.4. The van der Waals surface area contributed by atoms with Crippen LogP contribution in [0.2, 0.25) is 0 Å². The van der Waals surface area contributed by atoms with Crippen LogP contribution in [0.3, 0.4) is 0 Å². The number of fused-ring (bicyclic) bond motifs is 4. The SMILES string of the molecule is CCCCCCC1=C2C=CC(=N2)C(c2ccc(C(=O)OC)cc2)=C2C=CC(=N2)C(CCCCCC)=C2C=CC(=N2)C(c2ccc(C(=O)OC)cc2)=C2C=CC1=N2. The Morgan fingerprint density at radius 2 is 0.804 bits per heavy atom. The molecule has 0 atom stereocenters. The minimum atomic E-state index is -0.381.